The minimum absolute atomic E-state index is 0.257. The Morgan fingerprint density at radius 3 is 2.52 bits per heavy atom. The average Bonchev–Trinajstić information content (AvgIpc) is 3.04. The van der Waals surface area contributed by atoms with E-state index in [4.69, 9.17) is 5.73 Å². The third-order valence-corrected chi connectivity index (χ3v) is 4.23. The minimum atomic E-state index is -0.887. The summed E-state index contributed by atoms with van der Waals surface area (Å²) in [5, 5.41) is 6.25. The minimum Gasteiger partial charge on any atom is -0.368 e. The van der Waals surface area contributed by atoms with Crippen LogP contribution in [0, 0.1) is 0 Å². The molecule has 0 aliphatic carbocycles. The molecule has 5 N–H and O–H groups in total. The molecule has 0 aliphatic rings. The number of H-pyrrole nitrogens is 1. The number of amides is 3. The average molecular weight is 364 g/mol. The van der Waals surface area contributed by atoms with Crippen molar-refractivity contribution in [1.29, 1.82) is 0 Å². The van der Waals surface area contributed by atoms with Crippen molar-refractivity contribution in [2.45, 2.75) is 19.4 Å². The maximum Gasteiger partial charge on any atom is 0.254 e. The fourth-order valence-corrected chi connectivity index (χ4v) is 2.96. The van der Waals surface area contributed by atoms with E-state index in [-0.39, 0.29) is 17.9 Å². The van der Waals surface area contributed by atoms with E-state index in [0.29, 0.717) is 5.69 Å². The topological polar surface area (TPSA) is 117 Å². The molecule has 0 aliphatic heterocycles. The highest BCUT2D eigenvalue weighted by Crippen LogP contribution is 2.20. The van der Waals surface area contributed by atoms with E-state index in [1.807, 2.05) is 24.3 Å². The summed E-state index contributed by atoms with van der Waals surface area (Å²) in [7, 11) is 0. The smallest absolute Gasteiger partial charge is 0.254 e. The molecule has 3 rings (SSSR count). The van der Waals surface area contributed by atoms with Crippen molar-refractivity contribution in [3.63, 3.8) is 0 Å². The van der Waals surface area contributed by atoms with Gasteiger partial charge in [0.15, 0.2) is 0 Å². The molecule has 138 valence electrons. The number of carbonyl (C=O) groups excluding carboxylic acids is 3. The molecule has 0 bridgehead atoms. The number of rotatable bonds is 6. The largest absolute Gasteiger partial charge is 0.368 e. The predicted octanol–water partition coefficient (Wildman–Crippen LogP) is 1.95. The van der Waals surface area contributed by atoms with Crippen molar-refractivity contribution >= 4 is 34.3 Å². The molecule has 7 heteroatoms. The van der Waals surface area contributed by atoms with Gasteiger partial charge in [0.1, 0.15) is 6.04 Å². The van der Waals surface area contributed by atoms with Crippen molar-refractivity contribution in [2.24, 2.45) is 5.73 Å². The summed E-state index contributed by atoms with van der Waals surface area (Å²) >= 11 is 0. The standard InChI is InChI=1S/C20H20N4O3/c1-12(25)23-17-9-5-3-7-15(17)20(27)24-18(19(21)26)10-13-11-22-16-8-4-2-6-14(13)16/h2-9,11,18,22H,10H2,1H3,(H2,21,26)(H,23,25)(H,24,27)/t18-/m1/s1. The fourth-order valence-electron chi connectivity index (χ4n) is 2.96. The monoisotopic (exact) mass is 364 g/mol. The Labute approximate surface area is 155 Å². The van der Waals surface area contributed by atoms with Crippen LogP contribution in [0.5, 0.6) is 0 Å². The normalized spacial score (nSPS) is 11.7. The Morgan fingerprint density at radius 1 is 1.07 bits per heavy atom. The van der Waals surface area contributed by atoms with Crippen LogP contribution in [-0.2, 0) is 16.0 Å². The van der Waals surface area contributed by atoms with E-state index in [9.17, 15) is 14.4 Å². The first-order valence-corrected chi connectivity index (χ1v) is 8.47. The molecule has 0 fully saturated rings. The lowest BCUT2D eigenvalue weighted by atomic mass is 10.0. The van der Waals surface area contributed by atoms with Gasteiger partial charge in [-0.05, 0) is 23.8 Å². The van der Waals surface area contributed by atoms with Crippen molar-refractivity contribution in [2.75, 3.05) is 5.32 Å². The fraction of sp³-hybridized carbons (Fsp3) is 0.150. The lowest BCUT2D eigenvalue weighted by Gasteiger charge is -2.17. The first-order valence-electron chi connectivity index (χ1n) is 8.47. The van der Waals surface area contributed by atoms with Gasteiger partial charge in [-0.25, -0.2) is 0 Å². The number of carbonyl (C=O) groups is 3. The van der Waals surface area contributed by atoms with Gasteiger partial charge in [0.25, 0.3) is 5.91 Å². The molecule has 0 saturated carbocycles. The molecule has 0 unspecified atom stereocenters. The maximum atomic E-state index is 12.7. The number of para-hydroxylation sites is 2. The van der Waals surface area contributed by atoms with E-state index in [2.05, 4.69) is 15.6 Å². The predicted molar refractivity (Wildman–Crippen MR) is 103 cm³/mol. The van der Waals surface area contributed by atoms with Gasteiger partial charge in [-0.3, -0.25) is 14.4 Å². The van der Waals surface area contributed by atoms with Crippen molar-refractivity contribution in [3.05, 3.63) is 65.9 Å². The van der Waals surface area contributed by atoms with Crippen LogP contribution in [0.2, 0.25) is 0 Å². The second-order valence-corrected chi connectivity index (χ2v) is 6.22. The Hall–Kier alpha value is -3.61. The molecule has 1 heterocycles. The number of benzene rings is 2. The van der Waals surface area contributed by atoms with Gasteiger partial charge in [0.05, 0.1) is 11.3 Å². The van der Waals surface area contributed by atoms with E-state index in [0.717, 1.165) is 16.5 Å². The molecule has 27 heavy (non-hydrogen) atoms. The van der Waals surface area contributed by atoms with Gasteiger partial charge in [0.2, 0.25) is 11.8 Å². The molecule has 0 spiro atoms. The highest BCUT2D eigenvalue weighted by Gasteiger charge is 2.22. The van der Waals surface area contributed by atoms with Crippen LogP contribution in [0.1, 0.15) is 22.8 Å². The van der Waals surface area contributed by atoms with Crippen molar-refractivity contribution < 1.29 is 14.4 Å². The van der Waals surface area contributed by atoms with Crippen LogP contribution < -0.4 is 16.4 Å². The number of hydrogen-bond acceptors (Lipinski definition) is 3. The molecular weight excluding hydrogens is 344 g/mol. The zero-order valence-electron chi connectivity index (χ0n) is 14.8. The first-order chi connectivity index (χ1) is 13.0. The van der Waals surface area contributed by atoms with E-state index >= 15 is 0 Å². The lowest BCUT2D eigenvalue weighted by Crippen LogP contribution is -2.46. The Balaban J connectivity index is 1.82. The second kappa shape index (κ2) is 7.74. The number of anilines is 1. The molecule has 1 atom stereocenters. The van der Waals surface area contributed by atoms with E-state index in [1.54, 1.807) is 30.5 Å². The summed E-state index contributed by atoms with van der Waals surface area (Å²) < 4.78 is 0. The van der Waals surface area contributed by atoms with Crippen LogP contribution in [0.25, 0.3) is 10.9 Å². The number of hydrogen-bond donors (Lipinski definition) is 4. The van der Waals surface area contributed by atoms with Gasteiger partial charge < -0.3 is 21.4 Å². The number of primary amides is 1. The first kappa shape index (κ1) is 18.2. The van der Waals surface area contributed by atoms with Gasteiger partial charge >= 0.3 is 0 Å². The zero-order chi connectivity index (χ0) is 19.4. The van der Waals surface area contributed by atoms with Crippen LogP contribution in [0.15, 0.2) is 54.7 Å². The van der Waals surface area contributed by atoms with Gasteiger partial charge in [-0.1, -0.05) is 30.3 Å². The maximum absolute atomic E-state index is 12.7. The molecule has 3 amide bonds. The number of fused-ring (bicyclic) bond motifs is 1. The van der Waals surface area contributed by atoms with Gasteiger partial charge in [-0.2, -0.15) is 0 Å². The van der Waals surface area contributed by atoms with Gasteiger partial charge in [0, 0.05) is 30.4 Å². The molecule has 1 aromatic heterocycles. The summed E-state index contributed by atoms with van der Waals surface area (Å²) in [5.41, 5.74) is 7.97. The third-order valence-electron chi connectivity index (χ3n) is 4.23. The van der Waals surface area contributed by atoms with Crippen molar-refractivity contribution in [1.82, 2.24) is 10.3 Å². The Morgan fingerprint density at radius 2 is 1.78 bits per heavy atom. The number of nitrogens with two attached hydrogens (primary N) is 1. The Kier molecular flexibility index (Phi) is 5.21. The quantitative estimate of drug-likeness (QED) is 0.535. The highest BCUT2D eigenvalue weighted by atomic mass is 16.2. The van der Waals surface area contributed by atoms with Crippen LogP contribution in [0.4, 0.5) is 5.69 Å². The summed E-state index contributed by atoms with van der Waals surface area (Å²) in [6.07, 6.45) is 2.06. The Bertz CT molecular complexity index is 1010. The molecule has 2 aromatic carbocycles. The SMILES string of the molecule is CC(=O)Nc1ccccc1C(=O)N[C@H](Cc1c[nH]c2ccccc12)C(N)=O. The zero-order valence-corrected chi connectivity index (χ0v) is 14.8. The third kappa shape index (κ3) is 4.14. The number of aromatic amines is 1. The van der Waals surface area contributed by atoms with E-state index in [1.165, 1.54) is 6.92 Å². The summed E-state index contributed by atoms with van der Waals surface area (Å²) in [4.78, 5) is 39.1. The summed E-state index contributed by atoms with van der Waals surface area (Å²) in [6, 6.07) is 13.4. The number of aromatic nitrogens is 1. The second-order valence-electron chi connectivity index (χ2n) is 6.22. The highest BCUT2D eigenvalue weighted by molar-refractivity contribution is 6.04. The van der Waals surface area contributed by atoms with E-state index < -0.39 is 17.9 Å². The molecule has 0 radical (unpaired) electrons. The van der Waals surface area contributed by atoms with Crippen LogP contribution in [-0.4, -0.2) is 28.7 Å². The summed E-state index contributed by atoms with van der Waals surface area (Å²) in [5.74, 6) is -1.41. The lowest BCUT2D eigenvalue weighted by molar-refractivity contribution is -0.119. The molecular formula is C20H20N4O3. The summed E-state index contributed by atoms with van der Waals surface area (Å²) in [6.45, 7) is 1.36. The van der Waals surface area contributed by atoms with Crippen molar-refractivity contribution in [3.8, 4) is 0 Å². The van der Waals surface area contributed by atoms with Crippen LogP contribution >= 0.6 is 0 Å². The molecule has 0 saturated heterocycles. The van der Waals surface area contributed by atoms with Gasteiger partial charge in [-0.15, -0.1) is 0 Å². The van der Waals surface area contributed by atoms with Crippen LogP contribution in [0.3, 0.4) is 0 Å². The molecule has 3 aromatic rings. The number of nitrogens with one attached hydrogen (secondary N) is 3. The molecule has 7 nitrogen and oxygen atoms in total.